The lowest BCUT2D eigenvalue weighted by Gasteiger charge is -2.17. The van der Waals surface area contributed by atoms with Crippen molar-refractivity contribution in [3.8, 4) is 11.3 Å². The lowest BCUT2D eigenvalue weighted by molar-refractivity contribution is 0.0786. The molecule has 5 nitrogen and oxygen atoms in total. The van der Waals surface area contributed by atoms with Crippen LogP contribution in [0.25, 0.3) is 11.3 Å². The van der Waals surface area contributed by atoms with Crippen LogP contribution in [0.4, 0.5) is 10.1 Å². The highest BCUT2D eigenvalue weighted by molar-refractivity contribution is 6.01. The van der Waals surface area contributed by atoms with E-state index in [1.54, 1.807) is 19.1 Å². The summed E-state index contributed by atoms with van der Waals surface area (Å²) in [5, 5.41) is 4.14. The maximum absolute atomic E-state index is 13.4. The summed E-state index contributed by atoms with van der Waals surface area (Å²) in [7, 11) is 0. The second kappa shape index (κ2) is 7.52. The van der Waals surface area contributed by atoms with Gasteiger partial charge in [0.15, 0.2) is 0 Å². The maximum atomic E-state index is 13.4. The van der Waals surface area contributed by atoms with Crippen LogP contribution in [0.1, 0.15) is 34.5 Å². The first-order valence-corrected chi connectivity index (χ1v) is 10.2. The van der Waals surface area contributed by atoms with Gasteiger partial charge in [0, 0.05) is 30.8 Å². The van der Waals surface area contributed by atoms with Crippen LogP contribution in [0.2, 0.25) is 0 Å². The quantitative estimate of drug-likeness (QED) is 0.618. The molecule has 2 aliphatic heterocycles. The van der Waals surface area contributed by atoms with Gasteiger partial charge in [-0.3, -0.25) is 9.79 Å². The summed E-state index contributed by atoms with van der Waals surface area (Å²) in [5.74, 6) is 0.641. The molecule has 1 saturated heterocycles. The number of likely N-dealkylation sites (tertiary alicyclic amines) is 1. The Bertz CT molecular complexity index is 1140. The first kappa shape index (κ1) is 18.7. The summed E-state index contributed by atoms with van der Waals surface area (Å²) in [5.41, 5.74) is 4.90. The lowest BCUT2D eigenvalue weighted by atomic mass is 9.98. The fourth-order valence-corrected chi connectivity index (χ4v) is 4.44. The monoisotopic (exact) mass is 403 g/mol. The SMILES string of the molecule is Cc1onc(-c2ccccc2)c1C(=O)N1CC[C@@H](CC2=Nc3ccc(F)cc3C2)C1. The van der Waals surface area contributed by atoms with Crippen molar-refractivity contribution >= 4 is 17.3 Å². The number of aliphatic imine (C=N–C) groups is 1. The Kier molecular flexibility index (Phi) is 4.69. The second-order valence-electron chi connectivity index (χ2n) is 8.07. The third-order valence-corrected chi connectivity index (χ3v) is 5.94. The molecule has 1 atom stereocenters. The van der Waals surface area contributed by atoms with Crippen LogP contribution >= 0.6 is 0 Å². The highest BCUT2D eigenvalue weighted by Gasteiger charge is 2.32. The van der Waals surface area contributed by atoms with Crippen LogP contribution in [0.3, 0.4) is 0 Å². The number of aromatic nitrogens is 1. The number of rotatable bonds is 4. The van der Waals surface area contributed by atoms with Crippen molar-refractivity contribution in [2.75, 3.05) is 13.1 Å². The van der Waals surface area contributed by atoms with E-state index in [0.29, 0.717) is 42.4 Å². The Morgan fingerprint density at radius 3 is 2.90 bits per heavy atom. The molecule has 0 bridgehead atoms. The minimum Gasteiger partial charge on any atom is -0.360 e. The average Bonchev–Trinajstić information content (AvgIpc) is 3.46. The first-order valence-electron chi connectivity index (χ1n) is 10.2. The van der Waals surface area contributed by atoms with Gasteiger partial charge in [0.2, 0.25) is 0 Å². The standard InChI is InChI=1S/C24H22FN3O2/c1-15-22(23(27-30-15)17-5-3-2-4-6-17)24(29)28-10-9-16(14-28)11-20-13-18-12-19(25)7-8-21(18)26-20/h2-8,12,16H,9-11,13-14H2,1H3/t16-/m0/s1. The van der Waals surface area contributed by atoms with Crippen LogP contribution < -0.4 is 0 Å². The summed E-state index contributed by atoms with van der Waals surface area (Å²) in [4.78, 5) is 19.8. The van der Waals surface area contributed by atoms with E-state index in [4.69, 9.17) is 4.52 Å². The average molecular weight is 403 g/mol. The van der Waals surface area contributed by atoms with E-state index in [1.165, 1.54) is 6.07 Å². The van der Waals surface area contributed by atoms with E-state index in [9.17, 15) is 9.18 Å². The summed E-state index contributed by atoms with van der Waals surface area (Å²) < 4.78 is 18.8. The molecule has 0 aliphatic carbocycles. The summed E-state index contributed by atoms with van der Waals surface area (Å²) in [6, 6.07) is 14.4. The van der Waals surface area contributed by atoms with Gasteiger partial charge in [0.05, 0.1) is 5.69 Å². The van der Waals surface area contributed by atoms with Gasteiger partial charge in [-0.05, 0) is 49.4 Å². The van der Waals surface area contributed by atoms with Crippen LogP contribution in [0.5, 0.6) is 0 Å². The minimum absolute atomic E-state index is 0.0335. The molecule has 0 saturated carbocycles. The Morgan fingerprint density at radius 1 is 1.23 bits per heavy atom. The Hall–Kier alpha value is -3.28. The smallest absolute Gasteiger partial charge is 0.259 e. The molecule has 0 spiro atoms. The van der Waals surface area contributed by atoms with Crippen molar-refractivity contribution in [1.29, 1.82) is 0 Å². The molecular formula is C24H22FN3O2. The number of aryl methyl sites for hydroxylation is 1. The molecule has 5 rings (SSSR count). The van der Waals surface area contributed by atoms with Crippen molar-refractivity contribution in [3.63, 3.8) is 0 Å². The van der Waals surface area contributed by atoms with Gasteiger partial charge >= 0.3 is 0 Å². The van der Waals surface area contributed by atoms with Crippen LogP contribution in [0.15, 0.2) is 58.0 Å². The number of fused-ring (bicyclic) bond motifs is 1. The number of hydrogen-bond donors (Lipinski definition) is 0. The van der Waals surface area contributed by atoms with Gasteiger partial charge in [-0.25, -0.2) is 4.39 Å². The third kappa shape index (κ3) is 3.43. The fraction of sp³-hybridized carbons (Fsp3) is 0.292. The highest BCUT2D eigenvalue weighted by Crippen LogP contribution is 2.32. The predicted octanol–water partition coefficient (Wildman–Crippen LogP) is 4.97. The fourth-order valence-electron chi connectivity index (χ4n) is 4.44. The number of carbonyl (C=O) groups is 1. The summed E-state index contributed by atoms with van der Waals surface area (Å²) in [6.07, 6.45) is 2.45. The van der Waals surface area contributed by atoms with Gasteiger partial charge in [-0.1, -0.05) is 35.5 Å². The van der Waals surface area contributed by atoms with E-state index in [0.717, 1.165) is 35.4 Å². The molecule has 6 heteroatoms. The van der Waals surface area contributed by atoms with E-state index in [1.807, 2.05) is 35.2 Å². The van der Waals surface area contributed by atoms with Gasteiger partial charge in [0.25, 0.3) is 5.91 Å². The normalized spacial score (nSPS) is 17.9. The predicted molar refractivity (Wildman–Crippen MR) is 113 cm³/mol. The summed E-state index contributed by atoms with van der Waals surface area (Å²) >= 11 is 0. The highest BCUT2D eigenvalue weighted by atomic mass is 19.1. The second-order valence-corrected chi connectivity index (χ2v) is 8.07. The van der Waals surface area contributed by atoms with Crippen molar-refractivity contribution in [3.05, 3.63) is 71.2 Å². The van der Waals surface area contributed by atoms with Crippen LogP contribution in [-0.2, 0) is 6.42 Å². The molecule has 1 aromatic heterocycles. The van der Waals surface area contributed by atoms with Crippen molar-refractivity contribution in [1.82, 2.24) is 10.1 Å². The molecule has 152 valence electrons. The van der Waals surface area contributed by atoms with Crippen LogP contribution in [-0.4, -0.2) is 34.8 Å². The first-order chi connectivity index (χ1) is 14.6. The van der Waals surface area contributed by atoms with Crippen molar-refractivity contribution < 1.29 is 13.7 Å². The number of hydrogen-bond acceptors (Lipinski definition) is 4. The maximum Gasteiger partial charge on any atom is 0.259 e. The molecule has 30 heavy (non-hydrogen) atoms. The zero-order valence-electron chi connectivity index (χ0n) is 16.8. The van der Waals surface area contributed by atoms with E-state index in [-0.39, 0.29) is 11.7 Å². The molecule has 0 unspecified atom stereocenters. The third-order valence-electron chi connectivity index (χ3n) is 5.94. The van der Waals surface area contributed by atoms with Gasteiger partial charge in [0.1, 0.15) is 22.8 Å². The number of amides is 1. The number of nitrogens with zero attached hydrogens (tertiary/aromatic N) is 3. The topological polar surface area (TPSA) is 58.7 Å². The molecule has 3 heterocycles. The van der Waals surface area contributed by atoms with E-state index in [2.05, 4.69) is 10.1 Å². The Morgan fingerprint density at radius 2 is 2.07 bits per heavy atom. The van der Waals surface area contributed by atoms with Gasteiger partial charge in [-0.15, -0.1) is 0 Å². The van der Waals surface area contributed by atoms with E-state index < -0.39 is 0 Å². The molecule has 3 aromatic rings. The molecule has 1 fully saturated rings. The summed E-state index contributed by atoms with van der Waals surface area (Å²) in [6.45, 7) is 3.17. The molecule has 2 aliphatic rings. The molecule has 2 aromatic carbocycles. The Labute approximate surface area is 174 Å². The largest absolute Gasteiger partial charge is 0.360 e. The zero-order chi connectivity index (χ0) is 20.7. The zero-order valence-corrected chi connectivity index (χ0v) is 16.8. The number of carbonyl (C=O) groups excluding carboxylic acids is 1. The van der Waals surface area contributed by atoms with Gasteiger partial charge < -0.3 is 9.42 Å². The van der Waals surface area contributed by atoms with Crippen LogP contribution in [0, 0.1) is 18.7 Å². The number of benzene rings is 2. The molecule has 0 N–H and O–H groups in total. The lowest BCUT2D eigenvalue weighted by Crippen LogP contribution is -2.29. The van der Waals surface area contributed by atoms with Crippen molar-refractivity contribution in [2.24, 2.45) is 10.9 Å². The Balaban J connectivity index is 1.28. The minimum atomic E-state index is -0.221. The molecule has 1 amide bonds. The molecular weight excluding hydrogens is 381 g/mol. The van der Waals surface area contributed by atoms with Crippen molar-refractivity contribution in [2.45, 2.75) is 26.2 Å². The van der Waals surface area contributed by atoms with Gasteiger partial charge in [-0.2, -0.15) is 0 Å². The van der Waals surface area contributed by atoms with E-state index >= 15 is 0 Å². The molecule has 0 radical (unpaired) electrons. The number of halogens is 1.